The van der Waals surface area contributed by atoms with Crippen LogP contribution in [0.1, 0.15) is 26.5 Å². The predicted molar refractivity (Wildman–Crippen MR) is 76.4 cm³/mol. The van der Waals surface area contributed by atoms with Crippen LogP contribution in [-0.4, -0.2) is 40.2 Å². The molecule has 0 saturated carbocycles. The fraction of sp³-hybridized carbons (Fsp3) is 0.538. The second-order valence-corrected chi connectivity index (χ2v) is 5.61. The molecule has 0 spiro atoms. The summed E-state index contributed by atoms with van der Waals surface area (Å²) in [7, 11) is 1.45. The van der Waals surface area contributed by atoms with Crippen molar-refractivity contribution in [3.05, 3.63) is 11.8 Å². The molecule has 8 nitrogen and oxygen atoms in total. The van der Waals surface area contributed by atoms with E-state index in [-0.39, 0.29) is 5.95 Å². The normalized spacial score (nSPS) is 12.4. The van der Waals surface area contributed by atoms with Gasteiger partial charge in [-0.25, -0.2) is 14.6 Å². The lowest BCUT2D eigenvalue weighted by atomic mass is 9.87. The predicted octanol–water partition coefficient (Wildman–Crippen LogP) is 1.41. The van der Waals surface area contributed by atoms with Gasteiger partial charge in [-0.1, -0.05) is 20.8 Å². The van der Waals surface area contributed by atoms with Crippen LogP contribution in [0.4, 0.5) is 10.7 Å². The van der Waals surface area contributed by atoms with Crippen LogP contribution < -0.4 is 15.4 Å². The molecule has 0 radical (unpaired) electrons. The lowest BCUT2D eigenvalue weighted by molar-refractivity contribution is -0.141. The van der Waals surface area contributed by atoms with Gasteiger partial charge in [-0.05, 0) is 12.3 Å². The zero-order chi connectivity index (χ0) is 16.2. The van der Waals surface area contributed by atoms with Crippen molar-refractivity contribution in [2.75, 3.05) is 12.4 Å². The van der Waals surface area contributed by atoms with E-state index in [0.717, 1.165) is 0 Å². The Morgan fingerprint density at radius 2 is 1.95 bits per heavy atom. The standard InChI is InChI=1S/C13H20N4O4/c1-7-6-8(21-5)15-11(14-7)17-12(20)16-9(10(18)19)13(2,3)4/h6,9H,1-5H3,(H,18,19)(H2,14,15,16,17,20)/t9-/m0/s1. The first-order chi connectivity index (χ1) is 9.63. The quantitative estimate of drug-likeness (QED) is 0.774. The number of methoxy groups -OCH3 is 1. The molecule has 3 N–H and O–H groups in total. The fourth-order valence-corrected chi connectivity index (χ4v) is 1.62. The minimum Gasteiger partial charge on any atom is -0.481 e. The number of nitrogens with zero attached hydrogens (tertiary/aromatic N) is 2. The Balaban J connectivity index is 2.82. The molecular formula is C13H20N4O4. The SMILES string of the molecule is COc1cc(C)nc(NC(=O)N[C@@H](C(=O)O)C(C)(C)C)n1. The largest absolute Gasteiger partial charge is 0.481 e. The van der Waals surface area contributed by atoms with E-state index >= 15 is 0 Å². The van der Waals surface area contributed by atoms with E-state index in [2.05, 4.69) is 20.6 Å². The van der Waals surface area contributed by atoms with Gasteiger partial charge in [0.15, 0.2) is 0 Å². The van der Waals surface area contributed by atoms with Crippen molar-refractivity contribution >= 4 is 17.9 Å². The molecule has 1 aromatic heterocycles. The van der Waals surface area contributed by atoms with Gasteiger partial charge in [0, 0.05) is 11.8 Å². The molecule has 1 atom stereocenters. The Morgan fingerprint density at radius 3 is 2.43 bits per heavy atom. The Bertz CT molecular complexity index is 539. The number of urea groups is 1. The van der Waals surface area contributed by atoms with Gasteiger partial charge in [-0.3, -0.25) is 5.32 Å². The number of aromatic nitrogens is 2. The number of hydrogen-bond donors (Lipinski definition) is 3. The second-order valence-electron chi connectivity index (χ2n) is 5.61. The van der Waals surface area contributed by atoms with Gasteiger partial charge in [0.05, 0.1) is 7.11 Å². The number of aliphatic carboxylic acids is 1. The number of carbonyl (C=O) groups is 2. The van der Waals surface area contributed by atoms with Gasteiger partial charge in [0.25, 0.3) is 0 Å². The van der Waals surface area contributed by atoms with Crippen molar-refractivity contribution in [1.82, 2.24) is 15.3 Å². The average Bonchev–Trinajstić information content (AvgIpc) is 2.33. The third-order valence-corrected chi connectivity index (χ3v) is 2.65. The Hall–Kier alpha value is -2.38. The summed E-state index contributed by atoms with van der Waals surface area (Å²) in [4.78, 5) is 31.1. The van der Waals surface area contributed by atoms with Crippen molar-refractivity contribution in [1.29, 1.82) is 0 Å². The third-order valence-electron chi connectivity index (χ3n) is 2.65. The summed E-state index contributed by atoms with van der Waals surface area (Å²) in [5.41, 5.74) is -0.0170. The summed E-state index contributed by atoms with van der Waals surface area (Å²) in [5, 5.41) is 13.9. The van der Waals surface area contributed by atoms with Gasteiger partial charge in [0.2, 0.25) is 11.8 Å². The number of anilines is 1. The molecule has 8 heteroatoms. The number of carboxylic acid groups (broad SMARTS) is 1. The number of hydrogen-bond acceptors (Lipinski definition) is 5. The second kappa shape index (κ2) is 6.38. The summed E-state index contributed by atoms with van der Waals surface area (Å²) < 4.78 is 4.97. The van der Waals surface area contributed by atoms with E-state index in [1.54, 1.807) is 33.8 Å². The number of amides is 2. The average molecular weight is 296 g/mol. The van der Waals surface area contributed by atoms with E-state index in [0.29, 0.717) is 11.6 Å². The highest BCUT2D eigenvalue weighted by Crippen LogP contribution is 2.19. The summed E-state index contributed by atoms with van der Waals surface area (Å²) in [6, 6.07) is -0.118. The van der Waals surface area contributed by atoms with Crippen molar-refractivity contribution < 1.29 is 19.4 Å². The lowest BCUT2D eigenvalue weighted by Gasteiger charge is -2.27. The lowest BCUT2D eigenvalue weighted by Crippen LogP contribution is -2.50. The van der Waals surface area contributed by atoms with Crippen molar-refractivity contribution in [2.45, 2.75) is 33.7 Å². The van der Waals surface area contributed by atoms with Crippen LogP contribution in [0.5, 0.6) is 5.88 Å². The molecular weight excluding hydrogens is 276 g/mol. The molecule has 0 fully saturated rings. The van der Waals surface area contributed by atoms with Crippen LogP contribution in [-0.2, 0) is 4.79 Å². The maximum Gasteiger partial charge on any atom is 0.326 e. The first-order valence-corrected chi connectivity index (χ1v) is 6.33. The zero-order valence-corrected chi connectivity index (χ0v) is 12.7. The van der Waals surface area contributed by atoms with Gasteiger partial charge in [-0.15, -0.1) is 0 Å². The van der Waals surface area contributed by atoms with Crippen LogP contribution in [0.3, 0.4) is 0 Å². The highest BCUT2D eigenvalue weighted by atomic mass is 16.5. The Morgan fingerprint density at radius 1 is 1.33 bits per heavy atom. The summed E-state index contributed by atoms with van der Waals surface area (Å²) in [6.45, 7) is 6.89. The van der Waals surface area contributed by atoms with E-state index in [4.69, 9.17) is 9.84 Å². The minimum absolute atomic E-state index is 0.0439. The number of carbonyl (C=O) groups excluding carboxylic acids is 1. The van der Waals surface area contributed by atoms with Crippen molar-refractivity contribution in [2.24, 2.45) is 5.41 Å². The van der Waals surface area contributed by atoms with Crippen molar-refractivity contribution in [3.8, 4) is 5.88 Å². The highest BCUT2D eigenvalue weighted by Gasteiger charge is 2.32. The van der Waals surface area contributed by atoms with Crippen LogP contribution in [0.2, 0.25) is 0 Å². The van der Waals surface area contributed by atoms with Crippen LogP contribution in [0.15, 0.2) is 6.07 Å². The van der Waals surface area contributed by atoms with E-state index in [1.165, 1.54) is 7.11 Å². The first-order valence-electron chi connectivity index (χ1n) is 6.33. The maximum atomic E-state index is 11.9. The Labute approximate surface area is 122 Å². The molecule has 0 saturated heterocycles. The summed E-state index contributed by atoms with van der Waals surface area (Å²) in [5.74, 6) is -0.758. The fourth-order valence-electron chi connectivity index (χ4n) is 1.62. The molecule has 0 unspecified atom stereocenters. The smallest absolute Gasteiger partial charge is 0.326 e. The van der Waals surface area contributed by atoms with Crippen LogP contribution >= 0.6 is 0 Å². The van der Waals surface area contributed by atoms with E-state index in [9.17, 15) is 9.59 Å². The zero-order valence-electron chi connectivity index (χ0n) is 12.7. The number of ether oxygens (including phenoxy) is 1. The molecule has 0 aliphatic heterocycles. The van der Waals surface area contributed by atoms with Crippen molar-refractivity contribution in [3.63, 3.8) is 0 Å². The van der Waals surface area contributed by atoms with E-state index in [1.807, 2.05) is 0 Å². The summed E-state index contributed by atoms with van der Waals surface area (Å²) in [6.07, 6.45) is 0. The van der Waals surface area contributed by atoms with Gasteiger partial charge >= 0.3 is 12.0 Å². The summed E-state index contributed by atoms with van der Waals surface area (Å²) >= 11 is 0. The monoisotopic (exact) mass is 296 g/mol. The van der Waals surface area contributed by atoms with Crippen LogP contribution in [0, 0.1) is 12.3 Å². The molecule has 0 aliphatic rings. The Kier molecular flexibility index (Phi) is 5.07. The number of rotatable bonds is 4. The van der Waals surface area contributed by atoms with Gasteiger partial charge in [-0.2, -0.15) is 4.98 Å². The maximum absolute atomic E-state index is 11.9. The molecule has 1 heterocycles. The highest BCUT2D eigenvalue weighted by molar-refractivity contribution is 5.91. The topological polar surface area (TPSA) is 113 Å². The first kappa shape index (κ1) is 16.7. The number of aryl methyl sites for hydroxylation is 1. The minimum atomic E-state index is -1.11. The molecule has 0 bridgehead atoms. The molecule has 21 heavy (non-hydrogen) atoms. The molecule has 1 aromatic rings. The van der Waals surface area contributed by atoms with Gasteiger partial charge < -0.3 is 15.2 Å². The van der Waals surface area contributed by atoms with Gasteiger partial charge in [0.1, 0.15) is 6.04 Å². The van der Waals surface area contributed by atoms with Crippen LogP contribution in [0.25, 0.3) is 0 Å². The molecule has 1 rings (SSSR count). The molecule has 0 aromatic carbocycles. The molecule has 116 valence electrons. The molecule has 0 aliphatic carbocycles. The third kappa shape index (κ3) is 4.90. The van der Waals surface area contributed by atoms with E-state index < -0.39 is 23.5 Å². The molecule has 2 amide bonds. The number of carboxylic acids is 1. The number of nitrogens with one attached hydrogen (secondary N) is 2.